The predicted octanol–water partition coefficient (Wildman–Crippen LogP) is 2.00. The largest absolute Gasteiger partial charge is 0.396 e. The Labute approximate surface area is 118 Å². The Morgan fingerprint density at radius 2 is 2.25 bits per heavy atom. The molecule has 0 spiro atoms. The molecule has 1 N–H and O–H groups in total. The summed E-state index contributed by atoms with van der Waals surface area (Å²) in [4.78, 5) is 18.7. The first-order valence-electron chi connectivity index (χ1n) is 6.95. The zero-order chi connectivity index (χ0) is 14.1. The number of pyridine rings is 1. The van der Waals surface area contributed by atoms with Gasteiger partial charge >= 0.3 is 0 Å². The second-order valence-electron chi connectivity index (χ2n) is 5.45. The second kappa shape index (κ2) is 5.21. The number of aliphatic hydroxyl groups excluding tert-OH is 1. The smallest absolute Gasteiger partial charge is 0.253 e. The Hall–Kier alpha value is -1.94. The normalized spacial score (nSPS) is 18.7. The molecule has 1 saturated heterocycles. The number of aliphatic hydroxyl groups is 1. The topological polar surface area (TPSA) is 53.4 Å². The van der Waals surface area contributed by atoms with Crippen LogP contribution < -0.4 is 0 Å². The fourth-order valence-corrected chi connectivity index (χ4v) is 2.71. The SMILES string of the molecule is Cc1ccc2cc(C(=O)N3CCC(CO)C3)ccc2n1. The summed E-state index contributed by atoms with van der Waals surface area (Å²) >= 11 is 0. The van der Waals surface area contributed by atoms with Crippen molar-refractivity contribution >= 4 is 16.8 Å². The summed E-state index contributed by atoms with van der Waals surface area (Å²) in [5.74, 6) is 0.271. The summed E-state index contributed by atoms with van der Waals surface area (Å²) in [5.41, 5.74) is 2.58. The first kappa shape index (κ1) is 13.1. The molecule has 4 heteroatoms. The second-order valence-corrected chi connectivity index (χ2v) is 5.45. The number of hydrogen-bond acceptors (Lipinski definition) is 3. The van der Waals surface area contributed by atoms with E-state index >= 15 is 0 Å². The molecule has 1 amide bonds. The summed E-state index contributed by atoms with van der Waals surface area (Å²) in [6.45, 7) is 3.50. The average Bonchev–Trinajstić information content (AvgIpc) is 2.95. The number of carbonyl (C=O) groups excluding carboxylic acids is 1. The standard InChI is InChI=1S/C16H18N2O2/c1-11-2-3-13-8-14(4-5-15(13)17-11)16(20)18-7-6-12(9-18)10-19/h2-5,8,12,19H,6-7,9-10H2,1H3. The minimum Gasteiger partial charge on any atom is -0.396 e. The lowest BCUT2D eigenvalue weighted by Crippen LogP contribution is -2.29. The number of aromatic nitrogens is 1. The molecule has 0 bridgehead atoms. The van der Waals surface area contributed by atoms with E-state index in [1.54, 1.807) is 0 Å². The van der Waals surface area contributed by atoms with Gasteiger partial charge in [-0.15, -0.1) is 0 Å². The number of carbonyl (C=O) groups is 1. The third kappa shape index (κ3) is 2.39. The first-order valence-corrected chi connectivity index (χ1v) is 6.95. The highest BCUT2D eigenvalue weighted by Crippen LogP contribution is 2.20. The minimum absolute atomic E-state index is 0.0448. The minimum atomic E-state index is 0.0448. The van der Waals surface area contributed by atoms with Gasteiger partial charge in [-0.25, -0.2) is 0 Å². The molecule has 1 atom stereocenters. The van der Waals surface area contributed by atoms with Gasteiger partial charge in [0.25, 0.3) is 5.91 Å². The van der Waals surface area contributed by atoms with Gasteiger partial charge in [0, 0.05) is 42.3 Å². The van der Waals surface area contributed by atoms with E-state index in [1.165, 1.54) is 0 Å². The summed E-state index contributed by atoms with van der Waals surface area (Å²) in [5, 5.41) is 10.1. The molecule has 1 aliphatic heterocycles. The fourth-order valence-electron chi connectivity index (χ4n) is 2.71. The van der Waals surface area contributed by atoms with Crippen LogP contribution in [-0.4, -0.2) is 40.6 Å². The predicted molar refractivity (Wildman–Crippen MR) is 77.6 cm³/mol. The maximum Gasteiger partial charge on any atom is 0.253 e. The van der Waals surface area contributed by atoms with E-state index in [0.29, 0.717) is 12.1 Å². The number of nitrogens with zero attached hydrogens (tertiary/aromatic N) is 2. The van der Waals surface area contributed by atoms with Gasteiger partial charge in [-0.2, -0.15) is 0 Å². The summed E-state index contributed by atoms with van der Waals surface area (Å²) in [6, 6.07) is 9.58. The van der Waals surface area contributed by atoms with Crippen LogP contribution in [0.25, 0.3) is 10.9 Å². The fraction of sp³-hybridized carbons (Fsp3) is 0.375. The summed E-state index contributed by atoms with van der Waals surface area (Å²) in [7, 11) is 0. The van der Waals surface area contributed by atoms with E-state index in [9.17, 15) is 4.79 Å². The number of rotatable bonds is 2. The van der Waals surface area contributed by atoms with E-state index in [1.807, 2.05) is 42.2 Å². The molecule has 1 aromatic carbocycles. The third-order valence-electron chi connectivity index (χ3n) is 3.91. The maximum atomic E-state index is 12.4. The number of fused-ring (bicyclic) bond motifs is 1. The Bertz CT molecular complexity index is 654. The first-order chi connectivity index (χ1) is 9.67. The van der Waals surface area contributed by atoms with E-state index in [4.69, 9.17) is 5.11 Å². The van der Waals surface area contributed by atoms with Crippen LogP contribution in [0, 0.1) is 12.8 Å². The van der Waals surface area contributed by atoms with E-state index in [-0.39, 0.29) is 18.4 Å². The van der Waals surface area contributed by atoms with Crippen LogP contribution in [-0.2, 0) is 0 Å². The molecule has 2 aromatic rings. The molecule has 1 aromatic heterocycles. The molecule has 1 unspecified atom stereocenters. The van der Waals surface area contributed by atoms with Crippen molar-refractivity contribution in [2.45, 2.75) is 13.3 Å². The number of hydrogen-bond donors (Lipinski definition) is 1. The van der Waals surface area contributed by atoms with Gasteiger partial charge in [-0.1, -0.05) is 6.07 Å². The van der Waals surface area contributed by atoms with Crippen molar-refractivity contribution in [1.29, 1.82) is 0 Å². The van der Waals surface area contributed by atoms with E-state index in [2.05, 4.69) is 4.98 Å². The highest BCUT2D eigenvalue weighted by atomic mass is 16.3. The molecule has 4 nitrogen and oxygen atoms in total. The molecular formula is C16H18N2O2. The van der Waals surface area contributed by atoms with Crippen LogP contribution in [0.5, 0.6) is 0 Å². The van der Waals surface area contributed by atoms with Gasteiger partial charge in [-0.05, 0) is 37.6 Å². The van der Waals surface area contributed by atoms with Crippen LogP contribution >= 0.6 is 0 Å². The zero-order valence-corrected chi connectivity index (χ0v) is 11.5. The monoisotopic (exact) mass is 270 g/mol. The molecule has 104 valence electrons. The Balaban J connectivity index is 1.87. The van der Waals surface area contributed by atoms with Gasteiger partial charge in [0.2, 0.25) is 0 Å². The summed E-state index contributed by atoms with van der Waals surface area (Å²) in [6.07, 6.45) is 0.885. The van der Waals surface area contributed by atoms with Gasteiger partial charge in [-0.3, -0.25) is 9.78 Å². The van der Waals surface area contributed by atoms with Crippen molar-refractivity contribution in [2.24, 2.45) is 5.92 Å². The lowest BCUT2D eigenvalue weighted by molar-refractivity contribution is 0.0782. The molecule has 1 aliphatic rings. The Morgan fingerprint density at radius 3 is 3.00 bits per heavy atom. The Kier molecular flexibility index (Phi) is 3.40. The number of amides is 1. The van der Waals surface area contributed by atoms with Crippen molar-refractivity contribution in [1.82, 2.24) is 9.88 Å². The molecule has 0 aliphatic carbocycles. The quantitative estimate of drug-likeness (QED) is 0.908. The van der Waals surface area contributed by atoms with Crippen LogP contribution in [0.1, 0.15) is 22.5 Å². The van der Waals surface area contributed by atoms with Crippen molar-refractivity contribution in [2.75, 3.05) is 19.7 Å². The van der Waals surface area contributed by atoms with Gasteiger partial charge in [0.15, 0.2) is 0 Å². The van der Waals surface area contributed by atoms with Crippen molar-refractivity contribution in [3.05, 3.63) is 41.6 Å². The maximum absolute atomic E-state index is 12.4. The lowest BCUT2D eigenvalue weighted by Gasteiger charge is -2.16. The van der Waals surface area contributed by atoms with Crippen LogP contribution in [0.15, 0.2) is 30.3 Å². The molecule has 1 fully saturated rings. The zero-order valence-electron chi connectivity index (χ0n) is 11.5. The number of likely N-dealkylation sites (tertiary alicyclic amines) is 1. The molecule has 0 saturated carbocycles. The number of aryl methyl sites for hydroxylation is 1. The van der Waals surface area contributed by atoms with Crippen molar-refractivity contribution in [3.63, 3.8) is 0 Å². The van der Waals surface area contributed by atoms with E-state index in [0.717, 1.165) is 29.6 Å². The molecule has 3 rings (SSSR count). The average molecular weight is 270 g/mol. The number of benzene rings is 1. The van der Waals surface area contributed by atoms with Gasteiger partial charge in [0.1, 0.15) is 0 Å². The van der Waals surface area contributed by atoms with Crippen LogP contribution in [0.2, 0.25) is 0 Å². The van der Waals surface area contributed by atoms with Gasteiger partial charge < -0.3 is 10.0 Å². The molecule has 20 heavy (non-hydrogen) atoms. The lowest BCUT2D eigenvalue weighted by atomic mass is 10.1. The van der Waals surface area contributed by atoms with Crippen molar-refractivity contribution < 1.29 is 9.90 Å². The molecule has 0 radical (unpaired) electrons. The molecule has 2 heterocycles. The van der Waals surface area contributed by atoms with Crippen LogP contribution in [0.4, 0.5) is 0 Å². The summed E-state index contributed by atoms with van der Waals surface area (Å²) < 4.78 is 0. The third-order valence-corrected chi connectivity index (χ3v) is 3.91. The highest BCUT2D eigenvalue weighted by Gasteiger charge is 2.26. The van der Waals surface area contributed by atoms with E-state index < -0.39 is 0 Å². The Morgan fingerprint density at radius 1 is 1.40 bits per heavy atom. The van der Waals surface area contributed by atoms with Crippen molar-refractivity contribution in [3.8, 4) is 0 Å². The van der Waals surface area contributed by atoms with Crippen LogP contribution in [0.3, 0.4) is 0 Å². The van der Waals surface area contributed by atoms with Gasteiger partial charge in [0.05, 0.1) is 5.52 Å². The molecular weight excluding hydrogens is 252 g/mol. The highest BCUT2D eigenvalue weighted by molar-refractivity contribution is 5.98.